The lowest BCUT2D eigenvalue weighted by Gasteiger charge is -2.19. The van der Waals surface area contributed by atoms with Crippen LogP contribution in [0.2, 0.25) is 0 Å². The van der Waals surface area contributed by atoms with E-state index in [9.17, 15) is 4.79 Å². The zero-order valence-corrected chi connectivity index (χ0v) is 16.1. The molecule has 0 fully saturated rings. The fraction of sp³-hybridized carbons (Fsp3) is 0.182. The lowest BCUT2D eigenvalue weighted by molar-refractivity contribution is 0.0635. The van der Waals surface area contributed by atoms with Crippen molar-refractivity contribution in [2.24, 2.45) is 4.99 Å². The summed E-state index contributed by atoms with van der Waals surface area (Å²) < 4.78 is 5.21. The fourth-order valence-corrected chi connectivity index (χ4v) is 2.46. The van der Waals surface area contributed by atoms with E-state index in [0.29, 0.717) is 11.6 Å². The molecular formula is C22H22N4O2. The van der Waals surface area contributed by atoms with Crippen LogP contribution in [0.15, 0.2) is 77.8 Å². The fourth-order valence-electron chi connectivity index (χ4n) is 2.46. The maximum Gasteiger partial charge on any atom is 0.413 e. The molecule has 0 aliphatic heterocycles. The summed E-state index contributed by atoms with van der Waals surface area (Å²) in [4.78, 5) is 16.5. The van der Waals surface area contributed by atoms with Gasteiger partial charge in [-0.1, -0.05) is 60.7 Å². The molecule has 3 rings (SSSR count). The van der Waals surface area contributed by atoms with E-state index in [1.54, 1.807) is 32.9 Å². The normalized spacial score (nSPS) is 10.8. The summed E-state index contributed by atoms with van der Waals surface area (Å²) in [5.41, 5.74) is 2.17. The van der Waals surface area contributed by atoms with E-state index in [-0.39, 0.29) is 0 Å². The highest BCUT2D eigenvalue weighted by molar-refractivity contribution is 6.13. The number of nitrogens with zero attached hydrogens (tertiary/aromatic N) is 3. The van der Waals surface area contributed by atoms with Crippen molar-refractivity contribution < 1.29 is 9.53 Å². The lowest BCUT2D eigenvalue weighted by Crippen LogP contribution is -2.27. The number of carbonyl (C=O) groups excluding carboxylic acids is 1. The Hall–Kier alpha value is -3.54. The van der Waals surface area contributed by atoms with Gasteiger partial charge in [0.2, 0.25) is 0 Å². The van der Waals surface area contributed by atoms with Crippen LogP contribution in [-0.4, -0.2) is 27.6 Å². The largest absolute Gasteiger partial charge is 0.444 e. The summed E-state index contributed by atoms with van der Waals surface area (Å²) in [5.74, 6) is 0.742. The van der Waals surface area contributed by atoms with Gasteiger partial charge >= 0.3 is 6.09 Å². The van der Waals surface area contributed by atoms with Crippen molar-refractivity contribution >= 4 is 23.4 Å². The molecule has 3 aromatic rings. The van der Waals surface area contributed by atoms with E-state index in [0.717, 1.165) is 16.8 Å². The molecule has 0 saturated heterocycles. The van der Waals surface area contributed by atoms with Gasteiger partial charge in [0.05, 0.1) is 5.71 Å². The van der Waals surface area contributed by atoms with E-state index in [2.05, 4.69) is 20.5 Å². The molecule has 0 aliphatic rings. The second-order valence-corrected chi connectivity index (χ2v) is 7.10. The Balaban J connectivity index is 1.84. The predicted octanol–water partition coefficient (Wildman–Crippen LogP) is 4.99. The maximum absolute atomic E-state index is 11.8. The molecule has 2 aromatic carbocycles. The van der Waals surface area contributed by atoms with Crippen molar-refractivity contribution in [3.63, 3.8) is 0 Å². The molecular weight excluding hydrogens is 352 g/mol. The van der Waals surface area contributed by atoms with Gasteiger partial charge < -0.3 is 4.74 Å². The number of aliphatic imine (C=N–C) groups is 1. The van der Waals surface area contributed by atoms with Crippen LogP contribution >= 0.6 is 0 Å². The molecule has 0 bridgehead atoms. The van der Waals surface area contributed by atoms with Crippen LogP contribution in [0.5, 0.6) is 0 Å². The van der Waals surface area contributed by atoms with Crippen LogP contribution in [-0.2, 0) is 4.74 Å². The number of aromatic nitrogens is 2. The maximum atomic E-state index is 11.8. The standard InChI is InChI=1S/C22H22N4O2/c1-22(2,3)28-21(27)24-19-15-14-18(25-26-19)23-20(16-10-6-4-7-11-16)17-12-8-5-9-13-17/h4-15H,1-3H3,(H,24,26,27). The molecule has 0 saturated carbocycles. The molecule has 1 amide bonds. The topological polar surface area (TPSA) is 76.5 Å². The third kappa shape index (κ3) is 5.48. The van der Waals surface area contributed by atoms with Gasteiger partial charge in [0, 0.05) is 11.1 Å². The summed E-state index contributed by atoms with van der Waals surface area (Å²) in [5, 5.41) is 10.7. The minimum Gasteiger partial charge on any atom is -0.444 e. The number of hydrogen-bond donors (Lipinski definition) is 1. The van der Waals surface area contributed by atoms with Crippen LogP contribution in [0.1, 0.15) is 31.9 Å². The molecule has 142 valence electrons. The predicted molar refractivity (Wildman–Crippen MR) is 110 cm³/mol. The van der Waals surface area contributed by atoms with E-state index in [4.69, 9.17) is 4.74 Å². The van der Waals surface area contributed by atoms with Crippen LogP contribution in [0.25, 0.3) is 0 Å². The van der Waals surface area contributed by atoms with Gasteiger partial charge in [-0.25, -0.2) is 9.79 Å². The number of anilines is 1. The first-order chi connectivity index (χ1) is 13.4. The van der Waals surface area contributed by atoms with E-state index in [1.165, 1.54) is 0 Å². The number of amides is 1. The number of ether oxygens (including phenoxy) is 1. The van der Waals surface area contributed by atoms with Gasteiger partial charge in [0.25, 0.3) is 0 Å². The van der Waals surface area contributed by atoms with Gasteiger partial charge in [-0.05, 0) is 32.9 Å². The zero-order valence-electron chi connectivity index (χ0n) is 16.1. The van der Waals surface area contributed by atoms with Gasteiger partial charge in [-0.3, -0.25) is 5.32 Å². The summed E-state index contributed by atoms with van der Waals surface area (Å²) in [7, 11) is 0. The van der Waals surface area contributed by atoms with Gasteiger partial charge in [0.15, 0.2) is 11.6 Å². The van der Waals surface area contributed by atoms with E-state index < -0.39 is 11.7 Å². The molecule has 1 heterocycles. The molecule has 0 spiro atoms. The van der Waals surface area contributed by atoms with Crippen molar-refractivity contribution in [1.82, 2.24) is 10.2 Å². The molecule has 6 heteroatoms. The summed E-state index contributed by atoms with van der Waals surface area (Å²) in [6.45, 7) is 5.39. The highest BCUT2D eigenvalue weighted by Crippen LogP contribution is 2.17. The Kier molecular flexibility index (Phi) is 5.79. The minimum absolute atomic E-state index is 0.300. The number of benzene rings is 2. The monoisotopic (exact) mass is 374 g/mol. The van der Waals surface area contributed by atoms with Crippen LogP contribution in [0.3, 0.4) is 0 Å². The Morgan fingerprint density at radius 1 is 0.857 bits per heavy atom. The number of nitrogens with one attached hydrogen (secondary N) is 1. The molecule has 1 aromatic heterocycles. The number of carbonyl (C=O) groups is 1. The average Bonchev–Trinajstić information content (AvgIpc) is 2.67. The Labute approximate surface area is 164 Å². The highest BCUT2D eigenvalue weighted by Gasteiger charge is 2.16. The third-order valence-corrected chi connectivity index (χ3v) is 3.60. The van der Waals surface area contributed by atoms with Crippen LogP contribution in [0, 0.1) is 0 Å². The van der Waals surface area contributed by atoms with Gasteiger partial charge in [-0.15, -0.1) is 10.2 Å². The molecule has 0 aliphatic carbocycles. The molecule has 0 atom stereocenters. The first-order valence-electron chi connectivity index (χ1n) is 8.94. The number of rotatable bonds is 4. The van der Waals surface area contributed by atoms with Crippen LogP contribution < -0.4 is 5.32 Å². The smallest absolute Gasteiger partial charge is 0.413 e. The average molecular weight is 374 g/mol. The summed E-state index contributed by atoms with van der Waals surface area (Å²) >= 11 is 0. The second-order valence-electron chi connectivity index (χ2n) is 7.10. The molecule has 0 radical (unpaired) electrons. The van der Waals surface area contributed by atoms with Gasteiger partial charge in [0.1, 0.15) is 5.60 Å². The Morgan fingerprint density at radius 3 is 1.89 bits per heavy atom. The van der Waals surface area contributed by atoms with Crippen molar-refractivity contribution in [2.45, 2.75) is 26.4 Å². The minimum atomic E-state index is -0.581. The molecule has 1 N–H and O–H groups in total. The second kappa shape index (κ2) is 8.43. The quantitative estimate of drug-likeness (QED) is 0.653. The first-order valence-corrected chi connectivity index (χ1v) is 8.94. The molecule has 6 nitrogen and oxygen atoms in total. The third-order valence-electron chi connectivity index (χ3n) is 3.60. The van der Waals surface area contributed by atoms with E-state index >= 15 is 0 Å². The summed E-state index contributed by atoms with van der Waals surface area (Å²) in [6, 6.07) is 23.1. The SMILES string of the molecule is CC(C)(C)OC(=O)Nc1ccc(N=C(c2ccccc2)c2ccccc2)nn1. The summed E-state index contributed by atoms with van der Waals surface area (Å²) in [6.07, 6.45) is -0.577. The molecule has 0 unspecified atom stereocenters. The van der Waals surface area contributed by atoms with Crippen molar-refractivity contribution in [3.05, 3.63) is 83.9 Å². The van der Waals surface area contributed by atoms with Crippen molar-refractivity contribution in [2.75, 3.05) is 5.32 Å². The van der Waals surface area contributed by atoms with Gasteiger partial charge in [-0.2, -0.15) is 0 Å². The van der Waals surface area contributed by atoms with Crippen molar-refractivity contribution in [1.29, 1.82) is 0 Å². The Morgan fingerprint density at radius 2 is 1.43 bits per heavy atom. The van der Waals surface area contributed by atoms with Crippen LogP contribution in [0.4, 0.5) is 16.4 Å². The molecule has 28 heavy (non-hydrogen) atoms. The van der Waals surface area contributed by atoms with Crippen molar-refractivity contribution in [3.8, 4) is 0 Å². The highest BCUT2D eigenvalue weighted by atomic mass is 16.6. The first kappa shape index (κ1) is 19.2. The zero-order chi connectivity index (χ0) is 20.0. The van der Waals surface area contributed by atoms with E-state index in [1.807, 2.05) is 60.7 Å². The number of hydrogen-bond acceptors (Lipinski definition) is 5. The Bertz CT molecular complexity index is 906. The lowest BCUT2D eigenvalue weighted by atomic mass is 10.0.